The Morgan fingerprint density at radius 2 is 2.10 bits per heavy atom. The minimum Gasteiger partial charge on any atom is -0.488 e. The Hall–Kier alpha value is -1.96. The predicted octanol–water partition coefficient (Wildman–Crippen LogP) is 2.60. The fraction of sp³-hybridized carbons (Fsp3) is 0.462. The molecule has 0 heterocycles. The van der Waals surface area contributed by atoms with Crippen molar-refractivity contribution >= 4 is 5.84 Å². The maximum absolute atomic E-state index is 12.9. The molecule has 0 aliphatic carbocycles. The van der Waals surface area contributed by atoms with Crippen LogP contribution in [0.25, 0.3) is 0 Å². The zero-order valence-electron chi connectivity index (χ0n) is 11.6. The van der Waals surface area contributed by atoms with Crippen LogP contribution in [0.4, 0.5) is 13.2 Å². The van der Waals surface area contributed by atoms with Crippen LogP contribution in [0.2, 0.25) is 0 Å². The Kier molecular flexibility index (Phi) is 5.83. The lowest BCUT2D eigenvalue weighted by molar-refractivity contribution is -0.137. The molecule has 0 aliphatic heterocycles. The van der Waals surface area contributed by atoms with Crippen LogP contribution in [0.1, 0.15) is 25.0 Å². The number of alkyl halides is 3. The highest BCUT2D eigenvalue weighted by atomic mass is 19.4. The SMILES string of the molecule is CCOCC(C)Oc1ccc(C(F)(F)F)c(/C(N)=N/O)c1. The third-order valence-electron chi connectivity index (χ3n) is 2.57. The van der Waals surface area contributed by atoms with Crippen LogP contribution in [0.3, 0.4) is 0 Å². The van der Waals surface area contributed by atoms with Gasteiger partial charge in [0.05, 0.1) is 12.2 Å². The van der Waals surface area contributed by atoms with Gasteiger partial charge in [-0.2, -0.15) is 13.2 Å². The van der Waals surface area contributed by atoms with E-state index in [4.69, 9.17) is 20.4 Å². The minimum atomic E-state index is -4.61. The molecular formula is C13H17F3N2O3. The Balaban J connectivity index is 3.05. The van der Waals surface area contributed by atoms with E-state index in [-0.39, 0.29) is 11.9 Å². The van der Waals surface area contributed by atoms with Crippen molar-refractivity contribution in [1.82, 2.24) is 0 Å². The van der Waals surface area contributed by atoms with Gasteiger partial charge in [0, 0.05) is 12.2 Å². The van der Waals surface area contributed by atoms with Gasteiger partial charge >= 0.3 is 6.18 Å². The lowest BCUT2D eigenvalue weighted by Gasteiger charge is -2.17. The molecule has 1 aromatic rings. The maximum atomic E-state index is 12.9. The van der Waals surface area contributed by atoms with Crippen LogP contribution in [0.5, 0.6) is 5.75 Å². The molecule has 1 aromatic carbocycles. The van der Waals surface area contributed by atoms with Crippen molar-refractivity contribution in [2.75, 3.05) is 13.2 Å². The molecule has 0 bridgehead atoms. The summed E-state index contributed by atoms with van der Waals surface area (Å²) in [7, 11) is 0. The first-order chi connectivity index (χ1) is 9.79. The van der Waals surface area contributed by atoms with Gasteiger partial charge in [0.25, 0.3) is 0 Å². The Morgan fingerprint density at radius 1 is 1.43 bits per heavy atom. The van der Waals surface area contributed by atoms with E-state index in [0.29, 0.717) is 13.2 Å². The summed E-state index contributed by atoms with van der Waals surface area (Å²) < 4.78 is 49.1. The van der Waals surface area contributed by atoms with Crippen molar-refractivity contribution in [3.8, 4) is 5.75 Å². The highest BCUT2D eigenvalue weighted by Gasteiger charge is 2.34. The normalized spacial score (nSPS) is 14.0. The molecule has 0 spiro atoms. The number of halogens is 3. The van der Waals surface area contributed by atoms with Gasteiger partial charge in [0.15, 0.2) is 5.84 Å². The van der Waals surface area contributed by atoms with Gasteiger partial charge in [-0.05, 0) is 32.0 Å². The molecule has 0 saturated carbocycles. The van der Waals surface area contributed by atoms with Gasteiger partial charge in [-0.15, -0.1) is 0 Å². The molecule has 21 heavy (non-hydrogen) atoms. The molecule has 0 amide bonds. The number of amidine groups is 1. The van der Waals surface area contributed by atoms with E-state index in [1.54, 1.807) is 6.92 Å². The summed E-state index contributed by atoms with van der Waals surface area (Å²) in [5, 5.41) is 11.2. The van der Waals surface area contributed by atoms with Crippen molar-refractivity contribution in [2.24, 2.45) is 10.9 Å². The number of nitrogens with zero attached hydrogens (tertiary/aromatic N) is 1. The van der Waals surface area contributed by atoms with Crippen LogP contribution < -0.4 is 10.5 Å². The molecule has 0 saturated heterocycles. The van der Waals surface area contributed by atoms with Gasteiger partial charge in [0.1, 0.15) is 11.9 Å². The quantitative estimate of drug-likeness (QED) is 0.366. The zero-order chi connectivity index (χ0) is 16.0. The molecule has 0 fully saturated rings. The summed E-state index contributed by atoms with van der Waals surface area (Å²) in [6.07, 6.45) is -4.96. The molecule has 1 unspecified atom stereocenters. The van der Waals surface area contributed by atoms with Crippen LogP contribution in [0, 0.1) is 0 Å². The standard InChI is InChI=1S/C13H17F3N2O3/c1-3-20-7-8(2)21-9-4-5-11(13(14,15)16)10(6-9)12(17)18-19/h4-6,8,19H,3,7H2,1-2H3,(H2,17,18). The number of hydrogen-bond donors (Lipinski definition) is 2. The molecule has 5 nitrogen and oxygen atoms in total. The molecule has 0 aromatic heterocycles. The number of ether oxygens (including phenoxy) is 2. The fourth-order valence-electron chi connectivity index (χ4n) is 1.66. The molecule has 8 heteroatoms. The topological polar surface area (TPSA) is 77.1 Å². The van der Waals surface area contributed by atoms with Crippen molar-refractivity contribution in [3.05, 3.63) is 29.3 Å². The van der Waals surface area contributed by atoms with Gasteiger partial charge in [-0.3, -0.25) is 0 Å². The van der Waals surface area contributed by atoms with Crippen LogP contribution in [0.15, 0.2) is 23.4 Å². The summed E-state index contributed by atoms with van der Waals surface area (Å²) in [5.41, 5.74) is 3.86. The van der Waals surface area contributed by atoms with Gasteiger partial charge < -0.3 is 20.4 Å². The summed E-state index contributed by atoms with van der Waals surface area (Å²) >= 11 is 0. The third kappa shape index (κ3) is 4.82. The van der Waals surface area contributed by atoms with E-state index >= 15 is 0 Å². The lowest BCUT2D eigenvalue weighted by Crippen LogP contribution is -2.22. The van der Waals surface area contributed by atoms with Crippen molar-refractivity contribution < 1.29 is 27.9 Å². The average Bonchev–Trinajstić information content (AvgIpc) is 2.43. The van der Waals surface area contributed by atoms with E-state index in [1.807, 2.05) is 6.92 Å². The van der Waals surface area contributed by atoms with E-state index < -0.39 is 23.1 Å². The summed E-state index contributed by atoms with van der Waals surface area (Å²) in [4.78, 5) is 0. The van der Waals surface area contributed by atoms with Gasteiger partial charge in [-0.25, -0.2) is 0 Å². The lowest BCUT2D eigenvalue weighted by atomic mass is 10.1. The number of nitrogens with two attached hydrogens (primary N) is 1. The smallest absolute Gasteiger partial charge is 0.417 e. The maximum Gasteiger partial charge on any atom is 0.417 e. The predicted molar refractivity (Wildman–Crippen MR) is 70.5 cm³/mol. The number of oxime groups is 1. The first-order valence-electron chi connectivity index (χ1n) is 6.23. The second-order valence-electron chi connectivity index (χ2n) is 4.28. The Morgan fingerprint density at radius 3 is 2.62 bits per heavy atom. The monoisotopic (exact) mass is 306 g/mol. The van der Waals surface area contributed by atoms with Gasteiger partial charge in [0.2, 0.25) is 0 Å². The van der Waals surface area contributed by atoms with Crippen LogP contribution in [-0.4, -0.2) is 30.4 Å². The van der Waals surface area contributed by atoms with Crippen molar-refractivity contribution in [2.45, 2.75) is 26.1 Å². The average molecular weight is 306 g/mol. The molecule has 3 N–H and O–H groups in total. The molecule has 1 atom stereocenters. The van der Waals surface area contributed by atoms with E-state index in [9.17, 15) is 13.2 Å². The highest BCUT2D eigenvalue weighted by Crippen LogP contribution is 2.34. The molecule has 1 rings (SSSR count). The van der Waals surface area contributed by atoms with Gasteiger partial charge in [-0.1, -0.05) is 5.16 Å². The van der Waals surface area contributed by atoms with Crippen LogP contribution >= 0.6 is 0 Å². The first kappa shape index (κ1) is 17.1. The number of hydrogen-bond acceptors (Lipinski definition) is 4. The zero-order valence-corrected chi connectivity index (χ0v) is 11.6. The van der Waals surface area contributed by atoms with Crippen molar-refractivity contribution in [3.63, 3.8) is 0 Å². The van der Waals surface area contributed by atoms with E-state index in [2.05, 4.69) is 5.16 Å². The molecule has 0 aliphatic rings. The van der Waals surface area contributed by atoms with E-state index in [1.165, 1.54) is 6.07 Å². The third-order valence-corrected chi connectivity index (χ3v) is 2.57. The second-order valence-corrected chi connectivity index (χ2v) is 4.28. The summed E-state index contributed by atoms with van der Waals surface area (Å²) in [6, 6.07) is 3.09. The molecule has 0 radical (unpaired) electrons. The molecule has 118 valence electrons. The Bertz CT molecular complexity index is 504. The Labute approximate surface area is 120 Å². The number of benzene rings is 1. The molecular weight excluding hydrogens is 289 g/mol. The van der Waals surface area contributed by atoms with Crippen LogP contribution in [-0.2, 0) is 10.9 Å². The highest BCUT2D eigenvalue weighted by molar-refractivity contribution is 5.99. The first-order valence-corrected chi connectivity index (χ1v) is 6.23. The van der Waals surface area contributed by atoms with Crippen molar-refractivity contribution in [1.29, 1.82) is 0 Å². The number of rotatable bonds is 6. The summed E-state index contributed by atoms with van der Waals surface area (Å²) in [6.45, 7) is 4.35. The largest absolute Gasteiger partial charge is 0.488 e. The fourth-order valence-corrected chi connectivity index (χ4v) is 1.66. The minimum absolute atomic E-state index is 0.178. The van der Waals surface area contributed by atoms with E-state index in [0.717, 1.165) is 12.1 Å². The second kappa shape index (κ2) is 7.16. The summed E-state index contributed by atoms with van der Waals surface area (Å²) in [5.74, 6) is -0.456.